The number of hydrogen-bond acceptors (Lipinski definition) is 4. The van der Waals surface area contributed by atoms with Gasteiger partial charge in [0.15, 0.2) is 0 Å². The van der Waals surface area contributed by atoms with Crippen molar-refractivity contribution in [1.29, 1.82) is 0 Å². The molecule has 4 nitrogen and oxygen atoms in total. The van der Waals surface area contributed by atoms with Crippen LogP contribution in [-0.4, -0.2) is 13.1 Å². The van der Waals surface area contributed by atoms with Crippen LogP contribution in [0.4, 0.5) is 11.4 Å². The van der Waals surface area contributed by atoms with E-state index < -0.39 is 0 Å². The predicted octanol–water partition coefficient (Wildman–Crippen LogP) is 1.95. The normalized spacial score (nSPS) is 11.5. The van der Waals surface area contributed by atoms with Gasteiger partial charge in [0.2, 0.25) is 0 Å². The number of hydrogen-bond donors (Lipinski definition) is 4. The summed E-state index contributed by atoms with van der Waals surface area (Å²) in [7, 11) is 0. The van der Waals surface area contributed by atoms with E-state index in [9.17, 15) is 0 Å². The molecule has 18 heavy (non-hydrogen) atoms. The highest BCUT2D eigenvalue weighted by Gasteiger charge is 2.01. The molecule has 0 saturated carbocycles. The summed E-state index contributed by atoms with van der Waals surface area (Å²) < 4.78 is 0. The highest BCUT2D eigenvalue weighted by atomic mass is 14.6. The first-order valence-electron chi connectivity index (χ1n) is 6.65. The smallest absolute Gasteiger partial charge is 0.0315 e. The molecule has 4 heteroatoms. The largest absolute Gasteiger partial charge is 0.399 e. The molecule has 8 N–H and O–H groups in total. The van der Waals surface area contributed by atoms with Crippen molar-refractivity contribution in [3.63, 3.8) is 0 Å². The quantitative estimate of drug-likeness (QED) is 0.459. The molecule has 1 aromatic rings. The van der Waals surface area contributed by atoms with Gasteiger partial charge in [-0.1, -0.05) is 19.8 Å². The number of nitrogen functional groups attached to an aromatic ring is 2. The molecule has 0 radical (unpaired) electrons. The van der Waals surface area contributed by atoms with Gasteiger partial charge < -0.3 is 22.9 Å². The zero-order valence-corrected chi connectivity index (χ0v) is 11.4. The lowest BCUT2D eigenvalue weighted by molar-refractivity contribution is 0.458. The van der Waals surface area contributed by atoms with Crippen LogP contribution in [0.25, 0.3) is 0 Å². The van der Waals surface area contributed by atoms with Gasteiger partial charge in [-0.3, -0.25) is 0 Å². The van der Waals surface area contributed by atoms with E-state index in [1.807, 2.05) is 0 Å². The molecule has 0 aliphatic carbocycles. The Hall–Kier alpha value is -1.26. The van der Waals surface area contributed by atoms with Crippen LogP contribution < -0.4 is 22.9 Å². The van der Waals surface area contributed by atoms with Gasteiger partial charge in [-0.15, -0.1) is 0 Å². The van der Waals surface area contributed by atoms with Crippen molar-refractivity contribution in [1.82, 2.24) is 0 Å². The van der Waals surface area contributed by atoms with Crippen molar-refractivity contribution < 1.29 is 0 Å². The summed E-state index contributed by atoms with van der Waals surface area (Å²) in [6.45, 7) is 3.85. The molecule has 0 heterocycles. The first kappa shape index (κ1) is 16.7. The second-order valence-electron chi connectivity index (χ2n) is 4.46. The van der Waals surface area contributed by atoms with Crippen molar-refractivity contribution in [2.45, 2.75) is 32.6 Å². The van der Waals surface area contributed by atoms with E-state index in [-0.39, 0.29) is 0 Å². The molecule has 0 bridgehead atoms. The maximum absolute atomic E-state index is 5.53. The fraction of sp³-hybridized carbons (Fsp3) is 0.571. The van der Waals surface area contributed by atoms with Gasteiger partial charge in [-0.25, -0.2) is 0 Å². The highest BCUT2D eigenvalue weighted by Crippen LogP contribution is 2.09. The van der Waals surface area contributed by atoms with E-state index in [0.717, 1.165) is 36.8 Å². The van der Waals surface area contributed by atoms with Gasteiger partial charge in [0.25, 0.3) is 0 Å². The highest BCUT2D eigenvalue weighted by molar-refractivity contribution is 5.47. The Labute approximate surface area is 111 Å². The molecule has 0 amide bonds. The minimum absolute atomic E-state index is 0.728. The maximum atomic E-state index is 5.53. The standard InChI is InChI=1S/C8H20N2.C6H8N2/c1-2-8(7-10)5-3-4-6-9;7-5-1-2-6(8)4-3-5/h8H,2-7,9-10H2,1H3;1-4H,7-8H2. The van der Waals surface area contributed by atoms with Crippen LogP contribution in [-0.2, 0) is 0 Å². The molecule has 1 atom stereocenters. The SMILES string of the molecule is CCC(CN)CCCCN.Nc1ccc(N)cc1. The van der Waals surface area contributed by atoms with Crippen LogP contribution in [0.1, 0.15) is 32.6 Å². The number of nitrogens with two attached hydrogens (primary N) is 4. The van der Waals surface area contributed by atoms with Crippen LogP contribution in [0.3, 0.4) is 0 Å². The van der Waals surface area contributed by atoms with Crippen molar-refractivity contribution in [2.75, 3.05) is 24.6 Å². The van der Waals surface area contributed by atoms with Gasteiger partial charge >= 0.3 is 0 Å². The summed E-state index contributed by atoms with van der Waals surface area (Å²) in [5.41, 5.74) is 23.1. The number of benzene rings is 1. The molecule has 0 aromatic heterocycles. The molecule has 0 saturated heterocycles. The fourth-order valence-electron chi connectivity index (χ4n) is 1.56. The Kier molecular flexibility index (Phi) is 10.1. The van der Waals surface area contributed by atoms with Crippen molar-refractivity contribution in [2.24, 2.45) is 17.4 Å². The summed E-state index contributed by atoms with van der Waals surface area (Å²) in [5.74, 6) is 0.728. The summed E-state index contributed by atoms with van der Waals surface area (Å²) in [5, 5.41) is 0. The fourth-order valence-corrected chi connectivity index (χ4v) is 1.56. The van der Waals surface area contributed by atoms with Crippen LogP contribution >= 0.6 is 0 Å². The summed E-state index contributed by atoms with van der Waals surface area (Å²) >= 11 is 0. The third-order valence-corrected chi connectivity index (χ3v) is 2.91. The predicted molar refractivity (Wildman–Crippen MR) is 81.0 cm³/mol. The third-order valence-electron chi connectivity index (χ3n) is 2.91. The zero-order valence-electron chi connectivity index (χ0n) is 11.4. The van der Waals surface area contributed by atoms with Crippen LogP contribution in [0, 0.1) is 5.92 Å². The molecular formula is C14H28N4. The van der Waals surface area contributed by atoms with E-state index in [1.54, 1.807) is 24.3 Å². The molecule has 104 valence electrons. The summed E-state index contributed by atoms with van der Waals surface area (Å²) in [4.78, 5) is 0. The van der Waals surface area contributed by atoms with Crippen molar-refractivity contribution in [3.8, 4) is 0 Å². The Bertz CT molecular complexity index is 259. The first-order chi connectivity index (χ1) is 8.63. The van der Waals surface area contributed by atoms with Gasteiger partial charge in [0.05, 0.1) is 0 Å². The van der Waals surface area contributed by atoms with Crippen molar-refractivity contribution >= 4 is 11.4 Å². The van der Waals surface area contributed by atoms with Gasteiger partial charge in [-0.05, 0) is 56.1 Å². The van der Waals surface area contributed by atoms with E-state index in [1.165, 1.54) is 19.3 Å². The second-order valence-corrected chi connectivity index (χ2v) is 4.46. The van der Waals surface area contributed by atoms with Crippen LogP contribution in [0.5, 0.6) is 0 Å². The number of anilines is 2. The minimum Gasteiger partial charge on any atom is -0.399 e. The van der Waals surface area contributed by atoms with Crippen LogP contribution in [0.2, 0.25) is 0 Å². The number of unbranched alkanes of at least 4 members (excludes halogenated alkanes) is 1. The monoisotopic (exact) mass is 252 g/mol. The molecule has 0 spiro atoms. The topological polar surface area (TPSA) is 104 Å². The second kappa shape index (κ2) is 10.9. The van der Waals surface area contributed by atoms with Gasteiger partial charge in [0.1, 0.15) is 0 Å². The zero-order chi connectivity index (χ0) is 13.8. The molecule has 0 aliphatic heterocycles. The van der Waals surface area contributed by atoms with Crippen LogP contribution in [0.15, 0.2) is 24.3 Å². The molecule has 1 unspecified atom stereocenters. The van der Waals surface area contributed by atoms with Gasteiger partial charge in [0, 0.05) is 11.4 Å². The lowest BCUT2D eigenvalue weighted by atomic mass is 10.00. The molecule has 1 rings (SSSR count). The molecule has 0 aliphatic rings. The Morgan fingerprint density at radius 3 is 1.78 bits per heavy atom. The Morgan fingerprint density at radius 2 is 1.44 bits per heavy atom. The average molecular weight is 252 g/mol. The van der Waals surface area contributed by atoms with E-state index in [0.29, 0.717) is 0 Å². The van der Waals surface area contributed by atoms with E-state index in [4.69, 9.17) is 22.9 Å². The van der Waals surface area contributed by atoms with E-state index in [2.05, 4.69) is 6.92 Å². The van der Waals surface area contributed by atoms with E-state index >= 15 is 0 Å². The third kappa shape index (κ3) is 8.84. The lowest BCUT2D eigenvalue weighted by Crippen LogP contribution is -2.13. The molecular weight excluding hydrogens is 224 g/mol. The lowest BCUT2D eigenvalue weighted by Gasteiger charge is -2.10. The van der Waals surface area contributed by atoms with Crippen molar-refractivity contribution in [3.05, 3.63) is 24.3 Å². The van der Waals surface area contributed by atoms with Gasteiger partial charge in [-0.2, -0.15) is 0 Å². The average Bonchev–Trinajstić information content (AvgIpc) is 2.39. The summed E-state index contributed by atoms with van der Waals surface area (Å²) in [6.07, 6.45) is 4.86. The number of rotatable bonds is 6. The summed E-state index contributed by atoms with van der Waals surface area (Å²) in [6, 6.07) is 7.09. The minimum atomic E-state index is 0.728. The molecule has 0 fully saturated rings. The molecule has 1 aromatic carbocycles. The first-order valence-corrected chi connectivity index (χ1v) is 6.65. The Balaban J connectivity index is 0.000000327. The Morgan fingerprint density at radius 1 is 0.944 bits per heavy atom. The maximum Gasteiger partial charge on any atom is 0.0315 e.